The van der Waals surface area contributed by atoms with E-state index in [0.29, 0.717) is 5.56 Å². The van der Waals surface area contributed by atoms with E-state index in [1.165, 1.54) is 14.2 Å². The van der Waals surface area contributed by atoms with Gasteiger partial charge < -0.3 is 20.1 Å². The van der Waals surface area contributed by atoms with Gasteiger partial charge in [-0.3, -0.25) is 14.5 Å². The number of carbonyl (C=O) groups is 3. The first-order valence-corrected chi connectivity index (χ1v) is 9.10. The second-order valence-electron chi connectivity index (χ2n) is 7.98. The smallest absolute Gasteiger partial charge is 0.325 e. The molecular formula is C20H29N3O5. The molecule has 0 saturated carbocycles. The van der Waals surface area contributed by atoms with Crippen LogP contribution in [0.1, 0.15) is 38.8 Å². The summed E-state index contributed by atoms with van der Waals surface area (Å²) in [6.45, 7) is 7.68. The van der Waals surface area contributed by atoms with Crippen LogP contribution in [0.3, 0.4) is 0 Å². The molecule has 154 valence electrons. The summed E-state index contributed by atoms with van der Waals surface area (Å²) in [5, 5.41) is 5.29. The van der Waals surface area contributed by atoms with Gasteiger partial charge in [0.15, 0.2) is 6.29 Å². The number of imide groups is 1. The summed E-state index contributed by atoms with van der Waals surface area (Å²) in [7, 11) is 2.91. The molecule has 8 nitrogen and oxygen atoms in total. The zero-order chi connectivity index (χ0) is 21.1. The van der Waals surface area contributed by atoms with Gasteiger partial charge in [-0.05, 0) is 23.5 Å². The molecule has 1 aliphatic rings. The van der Waals surface area contributed by atoms with E-state index in [2.05, 4.69) is 31.4 Å². The van der Waals surface area contributed by atoms with Crippen molar-refractivity contribution in [2.24, 2.45) is 0 Å². The van der Waals surface area contributed by atoms with Crippen LogP contribution < -0.4 is 10.6 Å². The Kier molecular flexibility index (Phi) is 6.46. The number of benzene rings is 1. The average molecular weight is 391 g/mol. The molecule has 1 saturated heterocycles. The second-order valence-corrected chi connectivity index (χ2v) is 7.98. The van der Waals surface area contributed by atoms with Crippen molar-refractivity contribution >= 4 is 17.8 Å². The van der Waals surface area contributed by atoms with E-state index in [9.17, 15) is 14.4 Å². The van der Waals surface area contributed by atoms with Crippen LogP contribution in [-0.4, -0.2) is 56.3 Å². The number of ether oxygens (including phenoxy) is 2. The van der Waals surface area contributed by atoms with Gasteiger partial charge in [0.1, 0.15) is 12.1 Å². The minimum atomic E-state index is -1.21. The minimum Gasteiger partial charge on any atom is -0.354 e. The molecule has 1 unspecified atom stereocenters. The van der Waals surface area contributed by atoms with Crippen molar-refractivity contribution in [3.8, 4) is 0 Å². The SMILES string of the molecule is COC(CNC(=O)CN1C(=O)NC(C)(c2ccc(C(C)(C)C)cc2)C1=O)OC. The molecule has 28 heavy (non-hydrogen) atoms. The Morgan fingerprint density at radius 1 is 1.18 bits per heavy atom. The van der Waals surface area contributed by atoms with E-state index in [-0.39, 0.29) is 18.5 Å². The monoisotopic (exact) mass is 391 g/mol. The summed E-state index contributed by atoms with van der Waals surface area (Å²) in [5.74, 6) is -0.943. The summed E-state index contributed by atoms with van der Waals surface area (Å²) in [6.07, 6.45) is -0.598. The molecule has 1 fully saturated rings. The lowest BCUT2D eigenvalue weighted by Gasteiger charge is -2.24. The first-order chi connectivity index (χ1) is 13.0. The van der Waals surface area contributed by atoms with Crippen molar-refractivity contribution in [1.82, 2.24) is 15.5 Å². The number of hydrogen-bond acceptors (Lipinski definition) is 5. The van der Waals surface area contributed by atoms with Gasteiger partial charge in [-0.2, -0.15) is 0 Å². The summed E-state index contributed by atoms with van der Waals surface area (Å²) in [4.78, 5) is 38.3. The highest BCUT2D eigenvalue weighted by Crippen LogP contribution is 2.31. The van der Waals surface area contributed by atoms with Crippen molar-refractivity contribution in [3.05, 3.63) is 35.4 Å². The molecule has 0 radical (unpaired) electrons. The molecule has 0 bridgehead atoms. The van der Waals surface area contributed by atoms with Crippen LogP contribution in [0.2, 0.25) is 0 Å². The van der Waals surface area contributed by atoms with Crippen LogP contribution in [-0.2, 0) is 30.0 Å². The topological polar surface area (TPSA) is 97.0 Å². The zero-order valence-corrected chi connectivity index (χ0v) is 17.3. The van der Waals surface area contributed by atoms with Crippen molar-refractivity contribution in [2.75, 3.05) is 27.3 Å². The first-order valence-electron chi connectivity index (χ1n) is 9.10. The molecule has 1 aromatic rings. The Labute approximate surface area is 165 Å². The third-order valence-corrected chi connectivity index (χ3v) is 4.90. The number of urea groups is 1. The molecule has 1 aliphatic heterocycles. The van der Waals surface area contributed by atoms with Crippen LogP contribution >= 0.6 is 0 Å². The second kappa shape index (κ2) is 8.28. The summed E-state index contributed by atoms with van der Waals surface area (Å²) < 4.78 is 9.98. The first kappa shape index (κ1) is 21.8. The van der Waals surface area contributed by atoms with Crippen LogP contribution in [0, 0.1) is 0 Å². The van der Waals surface area contributed by atoms with E-state index < -0.39 is 29.7 Å². The number of methoxy groups -OCH3 is 2. The van der Waals surface area contributed by atoms with Gasteiger partial charge in [0.25, 0.3) is 5.91 Å². The van der Waals surface area contributed by atoms with Crippen molar-refractivity contribution in [1.29, 1.82) is 0 Å². The third-order valence-electron chi connectivity index (χ3n) is 4.90. The van der Waals surface area contributed by atoms with E-state index in [1.807, 2.05) is 24.3 Å². The highest BCUT2D eigenvalue weighted by Gasteiger charge is 2.49. The Hall–Kier alpha value is -2.45. The molecule has 2 rings (SSSR count). The Balaban J connectivity index is 2.10. The van der Waals surface area contributed by atoms with Crippen molar-refractivity contribution in [3.63, 3.8) is 0 Å². The van der Waals surface area contributed by atoms with E-state index in [4.69, 9.17) is 9.47 Å². The fourth-order valence-electron chi connectivity index (χ4n) is 3.00. The number of amides is 4. The normalized spacial score (nSPS) is 19.9. The molecule has 8 heteroatoms. The van der Waals surface area contributed by atoms with Crippen molar-refractivity contribution < 1.29 is 23.9 Å². The number of carbonyl (C=O) groups excluding carboxylic acids is 3. The number of rotatable bonds is 7. The maximum atomic E-state index is 12.9. The third kappa shape index (κ3) is 4.51. The van der Waals surface area contributed by atoms with Gasteiger partial charge in [0, 0.05) is 14.2 Å². The highest BCUT2D eigenvalue weighted by atomic mass is 16.7. The molecule has 4 amide bonds. The Bertz CT molecular complexity index is 737. The molecule has 2 N–H and O–H groups in total. The highest BCUT2D eigenvalue weighted by molar-refractivity contribution is 6.09. The molecule has 1 atom stereocenters. The Morgan fingerprint density at radius 2 is 1.75 bits per heavy atom. The maximum absolute atomic E-state index is 12.9. The van der Waals surface area contributed by atoms with E-state index >= 15 is 0 Å². The molecule has 1 heterocycles. The van der Waals surface area contributed by atoms with Crippen LogP contribution in [0.15, 0.2) is 24.3 Å². The van der Waals surface area contributed by atoms with Gasteiger partial charge >= 0.3 is 6.03 Å². The van der Waals surface area contributed by atoms with E-state index in [0.717, 1.165) is 10.5 Å². The molecule has 0 aliphatic carbocycles. The standard InChI is InChI=1S/C20H29N3O5/c1-19(2,3)13-7-9-14(10-8-13)20(4)17(25)23(18(26)22-20)12-15(24)21-11-16(27-5)28-6/h7-10,16H,11-12H2,1-6H3,(H,21,24)(H,22,26). The van der Waals surface area contributed by atoms with Gasteiger partial charge in [-0.1, -0.05) is 45.0 Å². The summed E-state index contributed by atoms with van der Waals surface area (Å²) >= 11 is 0. The maximum Gasteiger partial charge on any atom is 0.325 e. The quantitative estimate of drug-likeness (QED) is 0.542. The number of nitrogens with zero attached hydrogens (tertiary/aromatic N) is 1. The molecule has 1 aromatic carbocycles. The zero-order valence-electron chi connectivity index (χ0n) is 17.3. The predicted octanol–water partition coefficient (Wildman–Crippen LogP) is 1.49. The lowest BCUT2D eigenvalue weighted by Crippen LogP contribution is -2.44. The largest absolute Gasteiger partial charge is 0.354 e. The summed E-state index contributed by atoms with van der Waals surface area (Å²) in [5.41, 5.74) is 0.559. The molecule has 0 spiro atoms. The lowest BCUT2D eigenvalue weighted by molar-refractivity contribution is -0.136. The molecular weight excluding hydrogens is 362 g/mol. The Morgan fingerprint density at radius 3 is 2.25 bits per heavy atom. The van der Waals surface area contributed by atoms with E-state index in [1.54, 1.807) is 6.92 Å². The van der Waals surface area contributed by atoms with Crippen molar-refractivity contribution in [2.45, 2.75) is 44.9 Å². The average Bonchev–Trinajstić information content (AvgIpc) is 2.86. The number of nitrogens with one attached hydrogen (secondary N) is 2. The van der Waals surface area contributed by atoms with Gasteiger partial charge in [-0.25, -0.2) is 4.79 Å². The fourth-order valence-corrected chi connectivity index (χ4v) is 3.00. The minimum absolute atomic E-state index is 0.0191. The number of hydrogen-bond donors (Lipinski definition) is 2. The van der Waals surface area contributed by atoms with Gasteiger partial charge in [-0.15, -0.1) is 0 Å². The van der Waals surface area contributed by atoms with Crippen LogP contribution in [0.4, 0.5) is 4.79 Å². The summed E-state index contributed by atoms with van der Waals surface area (Å²) in [6, 6.07) is 6.97. The van der Waals surface area contributed by atoms with Crippen LogP contribution in [0.5, 0.6) is 0 Å². The van der Waals surface area contributed by atoms with Crippen LogP contribution in [0.25, 0.3) is 0 Å². The van der Waals surface area contributed by atoms with Gasteiger partial charge in [0.2, 0.25) is 5.91 Å². The predicted molar refractivity (Wildman–Crippen MR) is 104 cm³/mol. The van der Waals surface area contributed by atoms with Gasteiger partial charge in [0.05, 0.1) is 6.54 Å². The lowest BCUT2D eigenvalue weighted by atomic mass is 9.84. The fraction of sp³-hybridized carbons (Fsp3) is 0.550. The molecule has 0 aromatic heterocycles.